The van der Waals surface area contributed by atoms with Gasteiger partial charge in [0.2, 0.25) is 10.0 Å². The Morgan fingerprint density at radius 3 is 2.54 bits per heavy atom. The number of rotatable bonds is 6. The molecule has 2 aromatic carbocycles. The number of methoxy groups -OCH3 is 1. The molecule has 1 saturated carbocycles. The van der Waals surface area contributed by atoms with Gasteiger partial charge in [0.25, 0.3) is 5.91 Å². The van der Waals surface area contributed by atoms with Crippen molar-refractivity contribution in [3.63, 3.8) is 0 Å². The van der Waals surface area contributed by atoms with Crippen LogP contribution in [0.15, 0.2) is 41.3 Å². The van der Waals surface area contributed by atoms with E-state index in [4.69, 9.17) is 4.74 Å². The quantitative estimate of drug-likeness (QED) is 0.810. The van der Waals surface area contributed by atoms with E-state index in [1.165, 1.54) is 43.5 Å². The molecule has 0 aliphatic heterocycles. The van der Waals surface area contributed by atoms with Crippen molar-refractivity contribution in [2.45, 2.75) is 30.7 Å². The van der Waals surface area contributed by atoms with Gasteiger partial charge in [-0.25, -0.2) is 17.5 Å². The molecule has 2 aromatic rings. The van der Waals surface area contributed by atoms with Gasteiger partial charge in [0.05, 0.1) is 7.11 Å². The zero-order chi connectivity index (χ0) is 18.9. The summed E-state index contributed by atoms with van der Waals surface area (Å²) in [6.45, 7) is 1.67. The van der Waals surface area contributed by atoms with Crippen molar-refractivity contribution in [2.24, 2.45) is 0 Å². The highest BCUT2D eigenvalue weighted by Gasteiger charge is 2.30. The van der Waals surface area contributed by atoms with Crippen LogP contribution in [-0.4, -0.2) is 27.5 Å². The molecule has 0 heterocycles. The molecule has 1 aliphatic carbocycles. The number of hydrogen-bond acceptors (Lipinski definition) is 4. The zero-order valence-electron chi connectivity index (χ0n) is 14.4. The van der Waals surface area contributed by atoms with Gasteiger partial charge in [-0.3, -0.25) is 4.79 Å². The zero-order valence-corrected chi connectivity index (χ0v) is 15.2. The standard InChI is InChI=1S/C18H19FN2O4S/c1-11-9-13(19)4-7-15(11)20-18(22)12-3-8-16(25-2)17(10-12)26(23,24)21-14-5-6-14/h3-4,7-10,14,21H,5-6H2,1-2H3,(H,20,22). The molecule has 1 amide bonds. The van der Waals surface area contributed by atoms with Gasteiger partial charge in [0, 0.05) is 17.3 Å². The third-order valence-electron chi connectivity index (χ3n) is 4.05. The Labute approximate surface area is 151 Å². The molecule has 0 radical (unpaired) electrons. The maximum absolute atomic E-state index is 13.2. The number of ether oxygens (including phenoxy) is 1. The number of nitrogens with one attached hydrogen (secondary N) is 2. The van der Waals surface area contributed by atoms with Crippen LogP contribution in [0.2, 0.25) is 0 Å². The van der Waals surface area contributed by atoms with Gasteiger partial charge >= 0.3 is 0 Å². The van der Waals surface area contributed by atoms with Crippen LogP contribution in [0.3, 0.4) is 0 Å². The lowest BCUT2D eigenvalue weighted by Crippen LogP contribution is -2.26. The van der Waals surface area contributed by atoms with Crippen molar-refractivity contribution >= 4 is 21.6 Å². The Balaban J connectivity index is 1.90. The Bertz CT molecular complexity index is 956. The highest BCUT2D eigenvalue weighted by Crippen LogP contribution is 2.28. The fourth-order valence-corrected chi connectivity index (χ4v) is 3.97. The van der Waals surface area contributed by atoms with E-state index in [1.807, 2.05) is 0 Å². The maximum Gasteiger partial charge on any atom is 0.255 e. The molecular weight excluding hydrogens is 359 g/mol. The topological polar surface area (TPSA) is 84.5 Å². The third-order valence-corrected chi connectivity index (χ3v) is 5.59. The highest BCUT2D eigenvalue weighted by molar-refractivity contribution is 7.89. The Hall–Kier alpha value is -2.45. The molecule has 1 aliphatic rings. The number of aryl methyl sites for hydroxylation is 1. The van der Waals surface area contributed by atoms with Crippen molar-refractivity contribution in [3.05, 3.63) is 53.3 Å². The number of carbonyl (C=O) groups is 1. The van der Waals surface area contributed by atoms with Crippen LogP contribution in [0, 0.1) is 12.7 Å². The van der Waals surface area contributed by atoms with E-state index in [2.05, 4.69) is 10.0 Å². The van der Waals surface area contributed by atoms with Crippen LogP contribution in [-0.2, 0) is 10.0 Å². The third kappa shape index (κ3) is 4.03. The van der Waals surface area contributed by atoms with Crippen LogP contribution in [0.4, 0.5) is 10.1 Å². The first-order valence-electron chi connectivity index (χ1n) is 8.08. The van der Waals surface area contributed by atoms with Crippen molar-refractivity contribution in [2.75, 3.05) is 12.4 Å². The SMILES string of the molecule is COc1ccc(C(=O)Nc2ccc(F)cc2C)cc1S(=O)(=O)NC1CC1. The molecule has 26 heavy (non-hydrogen) atoms. The number of carbonyl (C=O) groups excluding carboxylic acids is 1. The molecule has 8 heteroatoms. The average Bonchev–Trinajstić information content (AvgIpc) is 3.40. The van der Waals surface area contributed by atoms with E-state index in [0.29, 0.717) is 11.3 Å². The van der Waals surface area contributed by atoms with Crippen molar-refractivity contribution < 1.29 is 22.3 Å². The summed E-state index contributed by atoms with van der Waals surface area (Å²) in [6.07, 6.45) is 1.59. The normalized spacial score (nSPS) is 14.1. The summed E-state index contributed by atoms with van der Waals surface area (Å²) in [5.74, 6) is -0.734. The van der Waals surface area contributed by atoms with E-state index in [1.54, 1.807) is 6.92 Å². The predicted molar refractivity (Wildman–Crippen MR) is 95.4 cm³/mol. The Kier molecular flexibility index (Phi) is 4.97. The molecule has 0 aromatic heterocycles. The minimum absolute atomic E-state index is 0.0657. The smallest absolute Gasteiger partial charge is 0.255 e. The van der Waals surface area contributed by atoms with E-state index in [0.717, 1.165) is 12.8 Å². The molecule has 0 atom stereocenters. The fourth-order valence-electron chi connectivity index (χ4n) is 2.47. The number of benzene rings is 2. The molecule has 0 unspecified atom stereocenters. The Morgan fingerprint density at radius 1 is 1.19 bits per heavy atom. The van der Waals surface area contributed by atoms with Gasteiger partial charge in [-0.2, -0.15) is 0 Å². The van der Waals surface area contributed by atoms with E-state index in [9.17, 15) is 17.6 Å². The first-order chi connectivity index (χ1) is 12.3. The summed E-state index contributed by atoms with van der Waals surface area (Å²) in [7, 11) is -2.42. The second-order valence-electron chi connectivity index (χ2n) is 6.17. The monoisotopic (exact) mass is 378 g/mol. The first kappa shape index (κ1) is 18.3. The molecule has 6 nitrogen and oxygen atoms in total. The van der Waals surface area contributed by atoms with Crippen LogP contribution in [0.5, 0.6) is 5.75 Å². The predicted octanol–water partition coefficient (Wildman–Crippen LogP) is 2.84. The summed E-state index contributed by atoms with van der Waals surface area (Å²) in [5, 5.41) is 2.66. The number of sulfonamides is 1. The fraction of sp³-hybridized carbons (Fsp3) is 0.278. The molecule has 1 fully saturated rings. The van der Waals surface area contributed by atoms with Crippen molar-refractivity contribution in [3.8, 4) is 5.75 Å². The van der Waals surface area contributed by atoms with E-state index < -0.39 is 21.7 Å². The first-order valence-corrected chi connectivity index (χ1v) is 9.56. The summed E-state index contributed by atoms with van der Waals surface area (Å²) in [5.41, 5.74) is 1.17. The number of amides is 1. The number of halogens is 1. The van der Waals surface area contributed by atoms with Gasteiger partial charge in [0.1, 0.15) is 16.5 Å². The van der Waals surface area contributed by atoms with Crippen molar-refractivity contribution in [1.82, 2.24) is 4.72 Å². The minimum atomic E-state index is -3.79. The lowest BCUT2D eigenvalue weighted by Gasteiger charge is -2.13. The lowest BCUT2D eigenvalue weighted by molar-refractivity contribution is 0.102. The minimum Gasteiger partial charge on any atom is -0.495 e. The van der Waals surface area contributed by atoms with Crippen molar-refractivity contribution in [1.29, 1.82) is 0 Å². The number of hydrogen-bond donors (Lipinski definition) is 2. The van der Waals surface area contributed by atoms with Crippen LogP contribution in [0.1, 0.15) is 28.8 Å². The second kappa shape index (κ2) is 7.05. The summed E-state index contributed by atoms with van der Waals surface area (Å²) >= 11 is 0. The average molecular weight is 378 g/mol. The van der Waals surface area contributed by atoms with Gasteiger partial charge in [-0.1, -0.05) is 0 Å². The van der Waals surface area contributed by atoms with Crippen LogP contribution in [0.25, 0.3) is 0 Å². The summed E-state index contributed by atoms with van der Waals surface area (Å²) < 4.78 is 45.9. The largest absolute Gasteiger partial charge is 0.495 e. The van der Waals surface area contributed by atoms with E-state index >= 15 is 0 Å². The molecule has 0 spiro atoms. The Morgan fingerprint density at radius 2 is 1.92 bits per heavy atom. The molecule has 3 rings (SSSR count). The molecular formula is C18H19FN2O4S. The van der Waals surface area contributed by atoms with Gasteiger partial charge in [-0.15, -0.1) is 0 Å². The molecule has 138 valence electrons. The molecule has 0 saturated heterocycles. The summed E-state index contributed by atoms with van der Waals surface area (Å²) in [4.78, 5) is 12.4. The highest BCUT2D eigenvalue weighted by atomic mass is 32.2. The second-order valence-corrected chi connectivity index (χ2v) is 7.86. The van der Waals surface area contributed by atoms with Gasteiger partial charge < -0.3 is 10.1 Å². The maximum atomic E-state index is 13.2. The summed E-state index contributed by atoms with van der Waals surface area (Å²) in [6, 6.07) is 8.13. The van der Waals surface area contributed by atoms with E-state index in [-0.39, 0.29) is 22.3 Å². The van der Waals surface area contributed by atoms with Crippen LogP contribution < -0.4 is 14.8 Å². The molecule has 2 N–H and O–H groups in total. The lowest BCUT2D eigenvalue weighted by atomic mass is 10.1. The number of anilines is 1. The van der Waals surface area contributed by atoms with Gasteiger partial charge in [-0.05, 0) is 61.7 Å². The van der Waals surface area contributed by atoms with Crippen LogP contribution >= 0.6 is 0 Å². The van der Waals surface area contributed by atoms with Gasteiger partial charge in [0.15, 0.2) is 0 Å². The molecule has 0 bridgehead atoms.